The van der Waals surface area contributed by atoms with Crippen LogP contribution in [0.2, 0.25) is 0 Å². The molecule has 2 saturated carbocycles. The van der Waals surface area contributed by atoms with Gasteiger partial charge in [0.15, 0.2) is 0 Å². The Kier molecular flexibility index (Phi) is 20.5. The minimum Gasteiger partial charge on any atom is -0.396 e. The third-order valence-electron chi connectivity index (χ3n) is 14.6. The number of nitrogens with zero attached hydrogens (tertiary/aromatic N) is 1. The lowest BCUT2D eigenvalue weighted by molar-refractivity contribution is -0.189. The molecule has 6 N–H and O–H groups in total. The zero-order valence-electron chi connectivity index (χ0n) is 41.8. The Morgan fingerprint density at radius 2 is 1.08 bits per heavy atom. The third kappa shape index (κ3) is 14.3. The van der Waals surface area contributed by atoms with E-state index in [1.807, 2.05) is 78.9 Å². The molecule has 3 fully saturated rings. The highest BCUT2D eigenvalue weighted by Gasteiger charge is 2.49. The molecule has 9 rings (SSSR count). The van der Waals surface area contributed by atoms with Crippen LogP contribution in [-0.4, -0.2) is 103 Å². The Hall–Kier alpha value is -5.01. The minimum absolute atomic E-state index is 0.0153. The normalized spacial score (nSPS) is 26.9. The molecule has 1 saturated heterocycles. The van der Waals surface area contributed by atoms with Gasteiger partial charge in [0.1, 0.15) is 23.8 Å². The van der Waals surface area contributed by atoms with Crippen molar-refractivity contribution in [2.75, 3.05) is 24.4 Å². The summed E-state index contributed by atoms with van der Waals surface area (Å²) < 4.78 is 46.5. The summed E-state index contributed by atoms with van der Waals surface area (Å²) in [6.07, 6.45) is -1.34. The summed E-state index contributed by atoms with van der Waals surface area (Å²) in [4.78, 5) is 15.7. The monoisotopic (exact) mass is 1060 g/mol. The summed E-state index contributed by atoms with van der Waals surface area (Å²) in [5.41, 5.74) is 5.32. The zero-order chi connectivity index (χ0) is 52.8. The number of aliphatic hydroxyl groups excluding tert-OH is 6. The summed E-state index contributed by atoms with van der Waals surface area (Å²) >= 11 is 3.12. The molecule has 0 radical (unpaired) electrons. The van der Waals surface area contributed by atoms with Crippen LogP contribution in [0, 0.1) is 29.4 Å². The van der Waals surface area contributed by atoms with Crippen molar-refractivity contribution in [3.05, 3.63) is 203 Å². The molecule has 11 nitrogen and oxygen atoms in total. The number of carbonyl (C=O) groups excluding carboxylic acids is 1. The van der Waals surface area contributed by atoms with Crippen LogP contribution in [0.3, 0.4) is 0 Å². The van der Waals surface area contributed by atoms with Crippen LogP contribution in [-0.2, 0) is 38.8 Å². The third-order valence-corrected chi connectivity index (χ3v) is 17.0. The first kappa shape index (κ1) is 56.2. The van der Waals surface area contributed by atoms with Crippen molar-refractivity contribution in [1.29, 1.82) is 0 Å². The molecule has 1 unspecified atom stereocenters. The molecule has 6 aromatic rings. The standard InChI is InChI=1S/C31H33F2NO6S.C29H34O4S/c32-20-5-1-17(2-6-20)25(36)14-13-24-27(34(31(24)40)22-9-7-21(33)8-10-22)18-3-11-23(12-4-18)41-26-15-19(16-35)28(37)30(39)29(26)38;1-34-26-17-25(18-30)27(31-19-22-11-5-2-6-12-22)29(33-21-24-15-9-4-10-16-24)28(26)32-20-23-13-7-3-8-14-23/h1-12,19,24-30,35-39H,13-16H2;2-16,25-30H,17-21H2,1H3/t19-,24?,25+,26-,27-,28-,29+,30+;25-,26-,27-,28+,29+/m11/s1. The highest BCUT2D eigenvalue weighted by molar-refractivity contribution is 8.00. The zero-order valence-corrected chi connectivity index (χ0v) is 43.4. The smallest absolute Gasteiger partial charge is 0.233 e. The lowest BCUT2D eigenvalue weighted by atomic mass is 9.78. The quantitative estimate of drug-likeness (QED) is 0.0402. The van der Waals surface area contributed by atoms with E-state index in [4.69, 9.17) is 14.2 Å². The molecule has 13 atom stereocenters. The highest BCUT2D eigenvalue weighted by Crippen LogP contribution is 2.47. The van der Waals surface area contributed by atoms with Crippen LogP contribution in [0.15, 0.2) is 169 Å². The number of ether oxygens (including phenoxy) is 3. The van der Waals surface area contributed by atoms with Gasteiger partial charge in [-0.05, 0) is 108 Å². The summed E-state index contributed by atoms with van der Waals surface area (Å²) in [6.45, 7) is 1.23. The van der Waals surface area contributed by atoms with Crippen LogP contribution in [0.5, 0.6) is 0 Å². The molecular formula is C60H67F2NO10S2. The average molecular weight is 1060 g/mol. The number of hydrogen-bond acceptors (Lipinski definition) is 12. The Morgan fingerprint density at radius 3 is 1.60 bits per heavy atom. The molecule has 1 aliphatic heterocycles. The molecule has 2 aliphatic carbocycles. The summed E-state index contributed by atoms with van der Waals surface area (Å²) in [5.74, 6) is -1.94. The fourth-order valence-corrected chi connectivity index (χ4v) is 12.6. The maximum Gasteiger partial charge on any atom is 0.233 e. The molecule has 15 heteroatoms. The molecule has 0 spiro atoms. The molecule has 1 amide bonds. The van der Waals surface area contributed by atoms with Gasteiger partial charge in [0.25, 0.3) is 0 Å². The fourth-order valence-electron chi connectivity index (χ4n) is 10.4. The van der Waals surface area contributed by atoms with E-state index in [0.717, 1.165) is 33.6 Å². The van der Waals surface area contributed by atoms with E-state index < -0.39 is 53.1 Å². The average Bonchev–Trinajstić information content (AvgIpc) is 3.45. The molecule has 6 aromatic carbocycles. The molecule has 0 bridgehead atoms. The number of thioether (sulfide) groups is 2. The van der Waals surface area contributed by atoms with Crippen molar-refractivity contribution in [1.82, 2.24) is 0 Å². The van der Waals surface area contributed by atoms with Crippen LogP contribution in [0.4, 0.5) is 14.5 Å². The number of anilines is 1. The summed E-state index contributed by atoms with van der Waals surface area (Å²) in [7, 11) is 0. The van der Waals surface area contributed by atoms with E-state index in [-0.39, 0.29) is 54.6 Å². The first-order chi connectivity index (χ1) is 36.5. The van der Waals surface area contributed by atoms with Gasteiger partial charge in [0, 0.05) is 46.1 Å². The number of rotatable bonds is 20. The molecular weight excluding hydrogens is 997 g/mol. The van der Waals surface area contributed by atoms with Gasteiger partial charge in [0.2, 0.25) is 5.91 Å². The van der Waals surface area contributed by atoms with E-state index in [0.29, 0.717) is 50.3 Å². The largest absolute Gasteiger partial charge is 0.396 e. The van der Waals surface area contributed by atoms with Crippen molar-refractivity contribution in [2.45, 2.75) is 110 Å². The van der Waals surface area contributed by atoms with Crippen molar-refractivity contribution >= 4 is 35.1 Å². The van der Waals surface area contributed by atoms with Gasteiger partial charge < -0.3 is 49.7 Å². The molecule has 1 heterocycles. The number of halogens is 2. The van der Waals surface area contributed by atoms with Gasteiger partial charge in [0.05, 0.1) is 62.3 Å². The second-order valence-corrected chi connectivity index (χ2v) is 21.9. The maximum atomic E-state index is 13.6. The van der Waals surface area contributed by atoms with Crippen LogP contribution in [0.25, 0.3) is 0 Å². The van der Waals surface area contributed by atoms with Crippen LogP contribution < -0.4 is 4.90 Å². The second kappa shape index (κ2) is 27.3. The predicted octanol–water partition coefficient (Wildman–Crippen LogP) is 9.22. The van der Waals surface area contributed by atoms with Gasteiger partial charge in [-0.1, -0.05) is 115 Å². The minimum atomic E-state index is -1.35. The van der Waals surface area contributed by atoms with Crippen molar-refractivity contribution < 1.29 is 58.4 Å². The predicted molar refractivity (Wildman–Crippen MR) is 288 cm³/mol. The number of β-lactam (4-membered cyclic amide) rings is 1. The topological polar surface area (TPSA) is 169 Å². The Balaban J connectivity index is 0.000000203. The number of aliphatic hydroxyl groups is 6. The van der Waals surface area contributed by atoms with Crippen molar-refractivity contribution in [3.63, 3.8) is 0 Å². The Bertz CT molecular complexity index is 2590. The first-order valence-electron chi connectivity index (χ1n) is 25.5. The van der Waals surface area contributed by atoms with Gasteiger partial charge in [-0.25, -0.2) is 8.78 Å². The molecule has 3 aliphatic rings. The Morgan fingerprint density at radius 1 is 0.587 bits per heavy atom. The van der Waals surface area contributed by atoms with Gasteiger partial charge in [-0.3, -0.25) is 4.79 Å². The number of amides is 1. The SMILES string of the molecule is CS[C@@H]1C[C@H](CO)[C@@H](OCc2ccccc2)[C@H](OCc2ccccc2)[C@H]1OCc1ccccc1.O=C1C(CC[C@H](O)c2ccc(F)cc2)[C@@H](c2ccc(S[C@@H]3C[C@H](CO)[C@@H](O)[C@H](O)[C@H]3O)cc2)N1c1ccc(F)cc1. The van der Waals surface area contributed by atoms with E-state index in [1.165, 1.54) is 48.2 Å². The fraction of sp³-hybridized carbons (Fsp3) is 0.383. The number of benzene rings is 6. The van der Waals surface area contributed by atoms with E-state index in [9.17, 15) is 44.2 Å². The summed E-state index contributed by atoms with van der Waals surface area (Å²) in [5, 5.41) is 61.1. The van der Waals surface area contributed by atoms with E-state index in [2.05, 4.69) is 42.7 Å². The Labute approximate surface area is 446 Å². The van der Waals surface area contributed by atoms with Crippen LogP contribution >= 0.6 is 23.5 Å². The highest BCUT2D eigenvalue weighted by atomic mass is 32.2. The first-order valence-corrected chi connectivity index (χ1v) is 27.7. The van der Waals surface area contributed by atoms with Crippen molar-refractivity contribution in [2.24, 2.45) is 17.8 Å². The number of hydrogen-bond donors (Lipinski definition) is 6. The lowest BCUT2D eigenvalue weighted by Crippen LogP contribution is -2.56. The molecule has 0 aromatic heterocycles. The van der Waals surface area contributed by atoms with Crippen LogP contribution in [0.1, 0.15) is 65.6 Å². The molecule has 75 heavy (non-hydrogen) atoms. The van der Waals surface area contributed by atoms with E-state index >= 15 is 0 Å². The van der Waals surface area contributed by atoms with Gasteiger partial charge in [-0.15, -0.1) is 11.8 Å². The van der Waals surface area contributed by atoms with Gasteiger partial charge >= 0.3 is 0 Å². The molecule has 398 valence electrons. The summed E-state index contributed by atoms with van der Waals surface area (Å²) in [6, 6.07) is 49.0. The maximum absolute atomic E-state index is 13.6. The lowest BCUT2D eigenvalue weighted by Gasteiger charge is -2.48. The number of carbonyl (C=O) groups is 1. The van der Waals surface area contributed by atoms with E-state index in [1.54, 1.807) is 28.8 Å². The van der Waals surface area contributed by atoms with Crippen molar-refractivity contribution in [3.8, 4) is 0 Å². The second-order valence-electron chi connectivity index (χ2n) is 19.5. The van der Waals surface area contributed by atoms with Gasteiger partial charge in [-0.2, -0.15) is 11.8 Å².